The van der Waals surface area contributed by atoms with Gasteiger partial charge in [-0.2, -0.15) is 0 Å². The minimum Gasteiger partial charge on any atom is -0.468 e. The molecule has 0 aromatic heterocycles. The molecule has 0 bridgehead atoms. The zero-order valence-electron chi connectivity index (χ0n) is 11.7. The Kier molecular flexibility index (Phi) is 8.12. The molecule has 0 aromatic carbocycles. The molecule has 1 atom stereocenters. The Labute approximate surface area is 104 Å². The van der Waals surface area contributed by atoms with Crippen molar-refractivity contribution in [3.05, 3.63) is 0 Å². The maximum absolute atomic E-state index is 11.7. The highest BCUT2D eigenvalue weighted by atomic mass is 16.5. The van der Waals surface area contributed by atoms with Gasteiger partial charge in [0.2, 0.25) is 0 Å². The van der Waals surface area contributed by atoms with E-state index in [2.05, 4.69) is 17.1 Å². The SMILES string of the molecule is CCOCCN(CC)CC(C)(NC)C(=O)OC. The van der Waals surface area contributed by atoms with Crippen LogP contribution in [0.4, 0.5) is 0 Å². The number of likely N-dealkylation sites (N-methyl/N-ethyl adjacent to an activating group) is 2. The van der Waals surface area contributed by atoms with Crippen LogP contribution in [0, 0.1) is 0 Å². The fourth-order valence-corrected chi connectivity index (χ4v) is 1.61. The lowest BCUT2D eigenvalue weighted by Crippen LogP contribution is -2.56. The normalized spacial score (nSPS) is 14.7. The van der Waals surface area contributed by atoms with E-state index in [0.29, 0.717) is 13.2 Å². The van der Waals surface area contributed by atoms with Crippen molar-refractivity contribution < 1.29 is 14.3 Å². The largest absolute Gasteiger partial charge is 0.468 e. The molecule has 0 radical (unpaired) electrons. The lowest BCUT2D eigenvalue weighted by molar-refractivity contribution is -0.148. The summed E-state index contributed by atoms with van der Waals surface area (Å²) in [5.41, 5.74) is -0.670. The lowest BCUT2D eigenvalue weighted by Gasteiger charge is -2.32. The van der Waals surface area contributed by atoms with Gasteiger partial charge in [0.05, 0.1) is 13.7 Å². The van der Waals surface area contributed by atoms with E-state index in [1.165, 1.54) is 7.11 Å². The molecule has 0 heterocycles. The van der Waals surface area contributed by atoms with E-state index in [4.69, 9.17) is 9.47 Å². The van der Waals surface area contributed by atoms with E-state index in [9.17, 15) is 4.79 Å². The molecule has 0 rings (SSSR count). The number of nitrogens with zero attached hydrogens (tertiary/aromatic N) is 1. The predicted octanol–water partition coefficient (Wildman–Crippen LogP) is 0.496. The topological polar surface area (TPSA) is 50.8 Å². The van der Waals surface area contributed by atoms with Crippen molar-refractivity contribution in [2.75, 3.05) is 47.0 Å². The number of methoxy groups -OCH3 is 1. The van der Waals surface area contributed by atoms with Crippen LogP contribution in [0.25, 0.3) is 0 Å². The fraction of sp³-hybridized carbons (Fsp3) is 0.917. The molecule has 0 fully saturated rings. The van der Waals surface area contributed by atoms with Crippen molar-refractivity contribution in [3.8, 4) is 0 Å². The van der Waals surface area contributed by atoms with Crippen molar-refractivity contribution >= 4 is 5.97 Å². The first-order chi connectivity index (χ1) is 8.03. The predicted molar refractivity (Wildman–Crippen MR) is 68.1 cm³/mol. The molecule has 0 aliphatic heterocycles. The van der Waals surface area contributed by atoms with E-state index in [1.54, 1.807) is 7.05 Å². The molecule has 0 saturated heterocycles. The van der Waals surface area contributed by atoms with Gasteiger partial charge in [-0.3, -0.25) is 9.69 Å². The van der Waals surface area contributed by atoms with Crippen molar-refractivity contribution in [3.63, 3.8) is 0 Å². The average molecular weight is 246 g/mol. The molecule has 0 spiro atoms. The summed E-state index contributed by atoms with van der Waals surface area (Å²) >= 11 is 0. The number of carbonyl (C=O) groups excluding carboxylic acids is 1. The van der Waals surface area contributed by atoms with Gasteiger partial charge in [0, 0.05) is 19.7 Å². The second kappa shape index (κ2) is 8.44. The average Bonchev–Trinajstić information content (AvgIpc) is 2.36. The van der Waals surface area contributed by atoms with E-state index in [0.717, 1.165) is 19.7 Å². The molecule has 0 amide bonds. The smallest absolute Gasteiger partial charge is 0.327 e. The minimum atomic E-state index is -0.670. The molecule has 5 nitrogen and oxygen atoms in total. The van der Waals surface area contributed by atoms with Gasteiger partial charge in [0.1, 0.15) is 5.54 Å². The Bertz CT molecular complexity index is 224. The standard InChI is InChI=1S/C12H26N2O3/c1-6-14(8-9-17-7-2)10-12(3,13-4)11(15)16-5/h13H,6-10H2,1-5H3. The minimum absolute atomic E-state index is 0.241. The molecule has 102 valence electrons. The summed E-state index contributed by atoms with van der Waals surface area (Å²) in [6.45, 7) is 9.60. The second-order valence-electron chi connectivity index (χ2n) is 4.14. The number of esters is 1. The first-order valence-corrected chi connectivity index (χ1v) is 6.11. The lowest BCUT2D eigenvalue weighted by atomic mass is 10.0. The summed E-state index contributed by atoms with van der Waals surface area (Å²) < 4.78 is 10.1. The summed E-state index contributed by atoms with van der Waals surface area (Å²) in [5, 5.41) is 3.03. The number of hydrogen-bond donors (Lipinski definition) is 1. The summed E-state index contributed by atoms with van der Waals surface area (Å²) in [7, 11) is 3.18. The van der Waals surface area contributed by atoms with Gasteiger partial charge in [-0.05, 0) is 27.4 Å². The van der Waals surface area contributed by atoms with Crippen LogP contribution in [-0.2, 0) is 14.3 Å². The van der Waals surface area contributed by atoms with Crippen LogP contribution >= 0.6 is 0 Å². The van der Waals surface area contributed by atoms with Crippen LogP contribution in [0.1, 0.15) is 20.8 Å². The summed E-state index contributed by atoms with van der Waals surface area (Å²) in [6, 6.07) is 0. The zero-order valence-corrected chi connectivity index (χ0v) is 11.7. The third kappa shape index (κ3) is 5.48. The number of nitrogens with one attached hydrogen (secondary N) is 1. The van der Waals surface area contributed by atoms with Crippen molar-refractivity contribution in [2.45, 2.75) is 26.3 Å². The van der Waals surface area contributed by atoms with Gasteiger partial charge in [-0.1, -0.05) is 6.92 Å². The quantitative estimate of drug-likeness (QED) is 0.474. The first kappa shape index (κ1) is 16.4. The van der Waals surface area contributed by atoms with Gasteiger partial charge in [0.15, 0.2) is 0 Å². The van der Waals surface area contributed by atoms with E-state index in [-0.39, 0.29) is 5.97 Å². The summed E-state index contributed by atoms with van der Waals surface area (Å²) in [6.07, 6.45) is 0. The Balaban J connectivity index is 4.35. The Hall–Kier alpha value is -0.650. The molecule has 5 heteroatoms. The van der Waals surface area contributed by atoms with Gasteiger partial charge in [0.25, 0.3) is 0 Å². The van der Waals surface area contributed by atoms with Crippen LogP contribution in [0.15, 0.2) is 0 Å². The zero-order chi connectivity index (χ0) is 13.3. The molecule has 0 aromatic rings. The molecule has 1 unspecified atom stereocenters. The molecule has 0 aliphatic carbocycles. The van der Waals surface area contributed by atoms with E-state index >= 15 is 0 Å². The Morgan fingerprint density at radius 1 is 1.41 bits per heavy atom. The van der Waals surface area contributed by atoms with E-state index < -0.39 is 5.54 Å². The van der Waals surface area contributed by atoms with Crippen LogP contribution in [0.3, 0.4) is 0 Å². The monoisotopic (exact) mass is 246 g/mol. The maximum Gasteiger partial charge on any atom is 0.327 e. The molecule has 17 heavy (non-hydrogen) atoms. The number of hydrogen-bond acceptors (Lipinski definition) is 5. The number of carbonyl (C=O) groups is 1. The highest BCUT2D eigenvalue weighted by Gasteiger charge is 2.34. The summed E-state index contributed by atoms with van der Waals surface area (Å²) in [4.78, 5) is 13.9. The number of ether oxygens (including phenoxy) is 2. The van der Waals surface area contributed by atoms with Gasteiger partial charge in [-0.15, -0.1) is 0 Å². The third-order valence-electron chi connectivity index (χ3n) is 2.93. The van der Waals surface area contributed by atoms with Crippen LogP contribution in [0.2, 0.25) is 0 Å². The Morgan fingerprint density at radius 3 is 2.47 bits per heavy atom. The molecule has 0 saturated carbocycles. The van der Waals surface area contributed by atoms with Gasteiger partial charge in [-0.25, -0.2) is 0 Å². The van der Waals surface area contributed by atoms with E-state index in [1.807, 2.05) is 13.8 Å². The van der Waals surface area contributed by atoms with Gasteiger partial charge < -0.3 is 14.8 Å². The van der Waals surface area contributed by atoms with Crippen molar-refractivity contribution in [1.29, 1.82) is 0 Å². The highest BCUT2D eigenvalue weighted by Crippen LogP contribution is 2.08. The molecule has 1 N–H and O–H groups in total. The van der Waals surface area contributed by atoms with Crippen LogP contribution in [0.5, 0.6) is 0 Å². The van der Waals surface area contributed by atoms with Gasteiger partial charge >= 0.3 is 5.97 Å². The maximum atomic E-state index is 11.7. The third-order valence-corrected chi connectivity index (χ3v) is 2.93. The van der Waals surface area contributed by atoms with Crippen LogP contribution < -0.4 is 5.32 Å². The first-order valence-electron chi connectivity index (χ1n) is 6.11. The number of rotatable bonds is 9. The van der Waals surface area contributed by atoms with Crippen molar-refractivity contribution in [2.24, 2.45) is 0 Å². The van der Waals surface area contributed by atoms with Crippen molar-refractivity contribution in [1.82, 2.24) is 10.2 Å². The highest BCUT2D eigenvalue weighted by molar-refractivity contribution is 5.80. The summed E-state index contributed by atoms with van der Waals surface area (Å²) in [5.74, 6) is -0.241. The Morgan fingerprint density at radius 2 is 2.06 bits per heavy atom. The van der Waals surface area contributed by atoms with Crippen LogP contribution in [-0.4, -0.2) is 63.4 Å². The second-order valence-corrected chi connectivity index (χ2v) is 4.14. The fourth-order valence-electron chi connectivity index (χ4n) is 1.61. The molecular formula is C12H26N2O3. The molecular weight excluding hydrogens is 220 g/mol. The molecule has 0 aliphatic rings.